The molecule has 0 saturated heterocycles. The first-order chi connectivity index (χ1) is 23.3. The van der Waals surface area contributed by atoms with Crippen molar-refractivity contribution in [1.29, 1.82) is 0 Å². The molecule has 47 heavy (non-hydrogen) atoms. The average molecular weight is 659 g/mol. The Kier molecular flexibility index (Phi) is 34.6. The van der Waals surface area contributed by atoms with E-state index in [0.29, 0.717) is 6.17 Å². The molecule has 1 heterocycles. The molecule has 0 bridgehead atoms. The molecule has 280 valence electrons. The Balaban J connectivity index is 2.06. The Morgan fingerprint density at radius 1 is 0.277 bits per heavy atom. The molecule has 0 spiro atoms. The van der Waals surface area contributed by atoms with Gasteiger partial charge in [-0.3, -0.25) is 0 Å². The predicted octanol–water partition coefficient (Wildman–Crippen LogP) is 15.9. The maximum atomic E-state index is 2.72. The average Bonchev–Trinajstić information content (AvgIpc) is 3.47. The van der Waals surface area contributed by atoms with Crippen LogP contribution in [0.3, 0.4) is 0 Å². The zero-order chi connectivity index (χ0) is 33.7. The highest BCUT2D eigenvalue weighted by molar-refractivity contribution is 4.97. The summed E-state index contributed by atoms with van der Waals surface area (Å²) in [4.78, 5) is 5.42. The van der Waals surface area contributed by atoms with Crippen molar-refractivity contribution >= 4 is 0 Å². The Labute approximate surface area is 299 Å². The van der Waals surface area contributed by atoms with Crippen LogP contribution in [0.25, 0.3) is 0 Å². The molecule has 0 saturated carbocycles. The molecule has 0 fully saturated rings. The van der Waals surface area contributed by atoms with Crippen LogP contribution in [-0.2, 0) is 0 Å². The van der Waals surface area contributed by atoms with E-state index in [2.05, 4.69) is 43.0 Å². The highest BCUT2D eigenvalue weighted by Crippen LogP contribution is 2.24. The van der Waals surface area contributed by atoms with Crippen LogP contribution in [0.1, 0.15) is 258 Å². The van der Waals surface area contributed by atoms with Gasteiger partial charge in [0, 0.05) is 25.5 Å². The van der Waals surface area contributed by atoms with E-state index >= 15 is 0 Å². The summed E-state index contributed by atoms with van der Waals surface area (Å²) in [5, 5.41) is 0. The third kappa shape index (κ3) is 28.8. The normalized spacial score (nSPS) is 14.7. The summed E-state index contributed by atoms with van der Waals surface area (Å²) in [6, 6.07) is 0. The minimum atomic E-state index is 0.639. The van der Waals surface area contributed by atoms with Crippen LogP contribution >= 0.6 is 0 Å². The van der Waals surface area contributed by atoms with Gasteiger partial charge >= 0.3 is 0 Å². The van der Waals surface area contributed by atoms with Gasteiger partial charge in [-0.25, -0.2) is 0 Å². The molecular formula is C45H90N2. The fourth-order valence-corrected chi connectivity index (χ4v) is 7.78. The summed E-state index contributed by atoms with van der Waals surface area (Å²) >= 11 is 0. The maximum absolute atomic E-state index is 2.72. The number of nitrogens with zero attached hydrogens (tertiary/aromatic N) is 2. The minimum Gasteiger partial charge on any atom is -0.356 e. The Bertz CT molecular complexity index is 615. The van der Waals surface area contributed by atoms with Crippen molar-refractivity contribution in [3.8, 4) is 0 Å². The second-order valence-electron chi connectivity index (χ2n) is 15.7. The molecule has 2 nitrogen and oxygen atoms in total. The van der Waals surface area contributed by atoms with E-state index in [1.54, 1.807) is 0 Å². The van der Waals surface area contributed by atoms with Crippen molar-refractivity contribution in [2.75, 3.05) is 13.1 Å². The third-order valence-corrected chi connectivity index (χ3v) is 11.1. The fraction of sp³-hybridized carbons (Fsp3) is 0.956. The number of rotatable bonds is 39. The zero-order valence-electron chi connectivity index (χ0n) is 33.2. The highest BCUT2D eigenvalue weighted by atomic mass is 15.4. The largest absolute Gasteiger partial charge is 0.356 e. The molecule has 0 amide bonds. The van der Waals surface area contributed by atoms with Crippen molar-refractivity contribution in [1.82, 2.24) is 9.80 Å². The van der Waals surface area contributed by atoms with Gasteiger partial charge in [0.25, 0.3) is 0 Å². The van der Waals surface area contributed by atoms with Gasteiger partial charge in [0.15, 0.2) is 0 Å². The lowest BCUT2D eigenvalue weighted by molar-refractivity contribution is 0.135. The van der Waals surface area contributed by atoms with Gasteiger partial charge in [-0.05, 0) is 25.7 Å². The second-order valence-corrected chi connectivity index (χ2v) is 15.7. The molecular weight excluding hydrogens is 569 g/mol. The summed E-state index contributed by atoms with van der Waals surface area (Å²) in [5.74, 6) is 0. The van der Waals surface area contributed by atoms with E-state index in [0.717, 1.165) is 0 Å². The van der Waals surface area contributed by atoms with Gasteiger partial charge in [-0.15, -0.1) is 0 Å². The summed E-state index contributed by atoms with van der Waals surface area (Å²) in [5.41, 5.74) is 0. The van der Waals surface area contributed by atoms with Crippen molar-refractivity contribution in [2.45, 2.75) is 265 Å². The van der Waals surface area contributed by atoms with E-state index < -0.39 is 0 Å². The highest BCUT2D eigenvalue weighted by Gasteiger charge is 2.24. The van der Waals surface area contributed by atoms with Crippen LogP contribution in [-0.4, -0.2) is 29.1 Å². The van der Waals surface area contributed by atoms with Crippen LogP contribution in [0.4, 0.5) is 0 Å². The van der Waals surface area contributed by atoms with Gasteiger partial charge in [0.05, 0.1) is 0 Å². The molecule has 0 aromatic carbocycles. The van der Waals surface area contributed by atoms with Crippen molar-refractivity contribution in [2.24, 2.45) is 0 Å². The molecule has 1 rings (SSSR count). The Morgan fingerprint density at radius 2 is 0.489 bits per heavy atom. The van der Waals surface area contributed by atoms with Gasteiger partial charge in [0.1, 0.15) is 6.17 Å². The van der Waals surface area contributed by atoms with Crippen LogP contribution < -0.4 is 0 Å². The molecule has 0 radical (unpaired) electrons. The molecule has 0 aliphatic carbocycles. The minimum absolute atomic E-state index is 0.639. The van der Waals surface area contributed by atoms with Gasteiger partial charge in [-0.2, -0.15) is 0 Å². The topological polar surface area (TPSA) is 6.48 Å². The van der Waals surface area contributed by atoms with Gasteiger partial charge in [0.2, 0.25) is 0 Å². The first-order valence-electron chi connectivity index (χ1n) is 22.5. The first kappa shape index (κ1) is 44.4. The van der Waals surface area contributed by atoms with Gasteiger partial charge < -0.3 is 9.80 Å². The lowest BCUT2D eigenvalue weighted by Crippen LogP contribution is -2.39. The number of hydrogen-bond donors (Lipinski definition) is 0. The molecule has 0 aromatic rings. The summed E-state index contributed by atoms with van der Waals surface area (Å²) < 4.78 is 0. The van der Waals surface area contributed by atoms with Gasteiger partial charge in [-0.1, -0.05) is 233 Å². The SMILES string of the molecule is CCCCCCCCCCCCCCCCCCCN1C=CN(CCCCCC)C1CCCCCCCCCCCCCCCCC. The van der Waals surface area contributed by atoms with E-state index in [1.165, 1.54) is 251 Å². The quantitative estimate of drug-likeness (QED) is 0.0606. The smallest absolute Gasteiger partial charge is 0.101 e. The standard InChI is InChI=1S/C45H90N2/c1-4-7-10-13-15-17-19-21-23-24-26-28-30-32-34-36-39-42-47-44-43-46(41-38-12-9-6-3)45(47)40-37-35-33-31-29-27-25-22-20-18-16-14-11-8-5-2/h43-45H,4-42H2,1-3H3. The summed E-state index contributed by atoms with van der Waals surface area (Å²) in [7, 11) is 0. The molecule has 0 aromatic heterocycles. The lowest BCUT2D eigenvalue weighted by atomic mass is 10.0. The van der Waals surface area contributed by atoms with Crippen LogP contribution in [0, 0.1) is 0 Å². The fourth-order valence-electron chi connectivity index (χ4n) is 7.78. The van der Waals surface area contributed by atoms with E-state index in [9.17, 15) is 0 Å². The Morgan fingerprint density at radius 3 is 0.766 bits per heavy atom. The summed E-state index contributed by atoms with van der Waals surface area (Å²) in [6.07, 6.45) is 58.9. The predicted molar refractivity (Wildman–Crippen MR) is 214 cm³/mol. The Hall–Kier alpha value is -0.660. The third-order valence-electron chi connectivity index (χ3n) is 11.1. The summed E-state index contributed by atoms with van der Waals surface area (Å²) in [6.45, 7) is 9.48. The maximum Gasteiger partial charge on any atom is 0.101 e. The van der Waals surface area contributed by atoms with E-state index in [1.807, 2.05) is 0 Å². The van der Waals surface area contributed by atoms with E-state index in [-0.39, 0.29) is 0 Å². The zero-order valence-corrected chi connectivity index (χ0v) is 33.2. The lowest BCUT2D eigenvalue weighted by Gasteiger charge is -2.33. The molecule has 2 heteroatoms. The van der Waals surface area contributed by atoms with Crippen LogP contribution in [0.15, 0.2) is 12.4 Å². The van der Waals surface area contributed by atoms with E-state index in [4.69, 9.17) is 0 Å². The van der Waals surface area contributed by atoms with Crippen molar-refractivity contribution in [3.63, 3.8) is 0 Å². The number of hydrogen-bond acceptors (Lipinski definition) is 2. The molecule has 0 N–H and O–H groups in total. The molecule has 1 aliphatic rings. The van der Waals surface area contributed by atoms with Crippen molar-refractivity contribution < 1.29 is 0 Å². The second kappa shape index (κ2) is 36.6. The first-order valence-corrected chi connectivity index (χ1v) is 22.5. The van der Waals surface area contributed by atoms with Crippen LogP contribution in [0.2, 0.25) is 0 Å². The van der Waals surface area contributed by atoms with Crippen LogP contribution in [0.5, 0.6) is 0 Å². The molecule has 1 atom stereocenters. The molecule has 1 unspecified atom stereocenters. The monoisotopic (exact) mass is 659 g/mol. The van der Waals surface area contributed by atoms with Crippen molar-refractivity contribution in [3.05, 3.63) is 12.4 Å². The number of unbranched alkanes of at least 4 members (excludes halogenated alkanes) is 33. The molecule has 1 aliphatic heterocycles.